The summed E-state index contributed by atoms with van der Waals surface area (Å²) in [5.41, 5.74) is 1.22. The van der Waals surface area contributed by atoms with Gasteiger partial charge in [-0.25, -0.2) is 43.2 Å². The van der Waals surface area contributed by atoms with Crippen molar-refractivity contribution in [2.45, 2.75) is 145 Å². The summed E-state index contributed by atoms with van der Waals surface area (Å²) in [6, 6.07) is 72.7. The largest absolute Gasteiger partial charge is 0.459 e. The van der Waals surface area contributed by atoms with Crippen LogP contribution in [-0.2, 0) is 80.5 Å². The summed E-state index contributed by atoms with van der Waals surface area (Å²) >= 11 is 0. The van der Waals surface area contributed by atoms with Gasteiger partial charge in [0.05, 0.1) is 88.2 Å². The number of aliphatic hydroxyl groups excluding tert-OH is 1. The van der Waals surface area contributed by atoms with Crippen LogP contribution in [0.4, 0.5) is 0 Å². The first kappa shape index (κ1) is 88.6. The normalized spacial score (nSPS) is 26.0. The standard InChI is InChI=1S/C96H96O27/c1-59-72(55-108-84(98)63-35-15-5-16-36-63)113-94(81(121-90(104)69-47-27-11-28-48-69)77(59)117-86(100)65-39-19-7-20-40-65)110-57-74-61(3)79(119-88(102)67-43-23-9-24-44-67)83(123-92(106)71-51-31-13-32-52-71)96(115-74)111-58-75-62(4)78(118-87(101)66-41-21-8-22-42-66)82(122-91(105)70-49-29-12-30-50-70)95(114-75)109-56-73-60(2)76(116-85(99)64-37-17-6-18-38-64)80(93(112-73)107-54-34-14-33-53-97)120-89(103)68-45-25-10-26-46-68/h5-13,15-32,35-52,59-62,72-83,93-97H,14,33-34,53-58H2,1-4H3/t59-,60-,61-,62-,72-,73-,74-,75-,76+,77+,78+,79+,80-,81-,82-,83-,93-,94-,95-,96-/m1/s1. The topological polar surface area (TPSA) is 331 Å². The Balaban J connectivity index is 0.865. The van der Waals surface area contributed by atoms with Crippen LogP contribution in [0.3, 0.4) is 0 Å². The van der Waals surface area contributed by atoms with Crippen molar-refractivity contribution < 1.29 is 129 Å². The van der Waals surface area contributed by atoms with Crippen LogP contribution in [-0.4, -0.2) is 197 Å². The SMILES string of the molecule is C[C@H]1[C@H](OC(=O)c2ccccc2)[C@@H](OC(=O)c2ccccc2)[C@H](OC[C@H]2O[C@@H](OC[C@H]3O[C@@H](OC[C@H]4O[C@@H](OCCCCCO)[C@H](OC(=O)c5ccccc5)[C@@H](OC(=O)c5ccccc5)[C@@H]4C)[C@H](OC(=O)c4ccccc4)[C@@H](OC(=O)c4ccccc4)[C@@H]3C)[C@H](OC(=O)c3ccccc3)[C@@H](OC(=O)c3ccccc3)[C@@H]2C)O[C@@H]1COC(=O)c1ccccc1. The predicted octanol–water partition coefficient (Wildman–Crippen LogP) is 13.3. The Morgan fingerprint density at radius 2 is 0.423 bits per heavy atom. The van der Waals surface area contributed by atoms with Gasteiger partial charge >= 0.3 is 53.7 Å². The van der Waals surface area contributed by atoms with Gasteiger partial charge in [-0.2, -0.15) is 0 Å². The minimum atomic E-state index is -1.80. The molecular formula is C96H96O27. The number of aliphatic hydroxyl groups is 1. The summed E-state index contributed by atoms with van der Waals surface area (Å²) in [7, 11) is 0. The number of benzene rings is 9. The molecule has 0 unspecified atom stereocenters. The van der Waals surface area contributed by atoms with Crippen molar-refractivity contribution >= 4 is 53.7 Å². The first-order valence-corrected chi connectivity index (χ1v) is 40.9. The van der Waals surface area contributed by atoms with Crippen LogP contribution in [0.15, 0.2) is 273 Å². The van der Waals surface area contributed by atoms with Crippen molar-refractivity contribution in [3.63, 3.8) is 0 Å². The van der Waals surface area contributed by atoms with E-state index in [2.05, 4.69) is 0 Å². The highest BCUT2D eigenvalue weighted by atomic mass is 16.8. The van der Waals surface area contributed by atoms with E-state index in [0.29, 0.717) is 19.3 Å². The minimum Gasteiger partial charge on any atom is -0.459 e. The van der Waals surface area contributed by atoms with Gasteiger partial charge in [0.2, 0.25) is 0 Å². The minimum absolute atomic E-state index is 0.0222. The lowest BCUT2D eigenvalue weighted by Gasteiger charge is -2.47. The molecule has 4 heterocycles. The van der Waals surface area contributed by atoms with Crippen LogP contribution in [0.1, 0.15) is 140 Å². The second kappa shape index (κ2) is 43.6. The van der Waals surface area contributed by atoms with Crippen LogP contribution < -0.4 is 0 Å². The molecule has 4 aliphatic heterocycles. The molecule has 0 aromatic heterocycles. The molecule has 123 heavy (non-hydrogen) atoms. The molecule has 13 rings (SSSR count). The van der Waals surface area contributed by atoms with E-state index in [0.717, 1.165) is 0 Å². The Hall–Kier alpha value is -12.2. The second-order valence-corrected chi connectivity index (χ2v) is 30.1. The fourth-order valence-corrected chi connectivity index (χ4v) is 14.7. The fourth-order valence-electron chi connectivity index (χ4n) is 14.7. The van der Waals surface area contributed by atoms with Gasteiger partial charge in [0.1, 0.15) is 37.1 Å². The first-order chi connectivity index (χ1) is 59.9. The van der Waals surface area contributed by atoms with Crippen LogP contribution in [0.5, 0.6) is 0 Å². The Bertz CT molecular complexity index is 4910. The van der Waals surface area contributed by atoms with Crippen molar-refractivity contribution in [1.29, 1.82) is 0 Å². The monoisotopic (exact) mass is 1680 g/mol. The van der Waals surface area contributed by atoms with Crippen molar-refractivity contribution in [2.24, 2.45) is 23.7 Å². The average Bonchev–Trinajstić information content (AvgIpc) is 1.06. The van der Waals surface area contributed by atoms with E-state index in [1.54, 1.807) is 240 Å². The highest BCUT2D eigenvalue weighted by Crippen LogP contribution is 2.41. The van der Waals surface area contributed by atoms with Crippen LogP contribution in [0, 0.1) is 23.7 Å². The van der Waals surface area contributed by atoms with E-state index >= 15 is 0 Å². The van der Waals surface area contributed by atoms with Crippen LogP contribution in [0.2, 0.25) is 0 Å². The molecule has 20 atom stereocenters. The summed E-state index contributed by atoms with van der Waals surface area (Å²) < 4.78 is 112. The number of rotatable bonds is 34. The molecule has 0 amide bonds. The molecule has 0 spiro atoms. The zero-order valence-corrected chi connectivity index (χ0v) is 68.0. The molecule has 0 saturated carbocycles. The molecular weight excluding hydrogens is 1590 g/mol. The lowest BCUT2D eigenvalue weighted by atomic mass is 9.89. The molecule has 27 heteroatoms. The molecule has 1 N–H and O–H groups in total. The molecule has 9 aromatic carbocycles. The molecule has 642 valence electrons. The summed E-state index contributed by atoms with van der Waals surface area (Å²) in [5.74, 6) is -11.4. The highest BCUT2D eigenvalue weighted by molar-refractivity contribution is 5.94. The van der Waals surface area contributed by atoms with E-state index in [1.165, 1.54) is 60.7 Å². The lowest BCUT2D eigenvalue weighted by molar-refractivity contribution is -0.335. The summed E-state index contributed by atoms with van der Waals surface area (Å²) in [5, 5.41) is 9.71. The fraction of sp³-hybridized carbons (Fsp3) is 0.344. The lowest BCUT2D eigenvalue weighted by Crippen LogP contribution is -2.62. The molecule has 4 fully saturated rings. The molecule has 27 nitrogen and oxygen atoms in total. The second-order valence-electron chi connectivity index (χ2n) is 30.1. The van der Waals surface area contributed by atoms with Crippen LogP contribution in [0.25, 0.3) is 0 Å². The number of carbonyl (C=O) groups excluding carboxylic acids is 9. The molecule has 0 radical (unpaired) electrons. The maximum Gasteiger partial charge on any atom is 0.338 e. The number of hydrogen-bond acceptors (Lipinski definition) is 27. The number of hydrogen-bond donors (Lipinski definition) is 1. The van der Waals surface area contributed by atoms with E-state index in [9.17, 15) is 48.3 Å². The highest BCUT2D eigenvalue weighted by Gasteiger charge is 2.56. The van der Waals surface area contributed by atoms with Gasteiger partial charge in [0.25, 0.3) is 0 Å². The van der Waals surface area contributed by atoms with Gasteiger partial charge in [-0.1, -0.05) is 191 Å². The summed E-state index contributed by atoms with van der Waals surface area (Å²) in [6.45, 7) is 4.51. The van der Waals surface area contributed by atoms with E-state index < -0.39 is 202 Å². The zero-order valence-electron chi connectivity index (χ0n) is 68.0. The molecule has 4 aliphatic rings. The van der Waals surface area contributed by atoms with E-state index in [-0.39, 0.29) is 63.3 Å². The van der Waals surface area contributed by atoms with Crippen LogP contribution >= 0.6 is 0 Å². The predicted molar refractivity (Wildman–Crippen MR) is 438 cm³/mol. The maximum absolute atomic E-state index is 14.8. The van der Waals surface area contributed by atoms with E-state index in [4.69, 9.17) is 80.5 Å². The molecule has 4 saturated heterocycles. The smallest absolute Gasteiger partial charge is 0.338 e. The number of esters is 9. The number of ether oxygens (including phenoxy) is 17. The summed E-state index contributed by atoms with van der Waals surface area (Å²) in [6.07, 6.45) is -22.3. The molecule has 0 aliphatic carbocycles. The molecule has 9 aromatic rings. The number of carbonyl (C=O) groups is 9. The van der Waals surface area contributed by atoms with Crippen molar-refractivity contribution in [3.8, 4) is 0 Å². The summed E-state index contributed by atoms with van der Waals surface area (Å²) in [4.78, 5) is 130. The van der Waals surface area contributed by atoms with Gasteiger partial charge in [-0.15, -0.1) is 0 Å². The Morgan fingerprint density at radius 1 is 0.236 bits per heavy atom. The van der Waals surface area contributed by atoms with Crippen molar-refractivity contribution in [2.75, 3.05) is 39.6 Å². The Morgan fingerprint density at radius 3 is 0.634 bits per heavy atom. The van der Waals surface area contributed by atoms with Gasteiger partial charge in [-0.3, -0.25) is 0 Å². The third kappa shape index (κ3) is 23.2. The third-order valence-corrected chi connectivity index (χ3v) is 21.8. The molecule has 0 bridgehead atoms. The van der Waals surface area contributed by atoms with Crippen molar-refractivity contribution in [1.82, 2.24) is 0 Å². The first-order valence-electron chi connectivity index (χ1n) is 40.9. The van der Waals surface area contributed by atoms with Crippen molar-refractivity contribution in [3.05, 3.63) is 323 Å². The average molecular weight is 1680 g/mol. The third-order valence-electron chi connectivity index (χ3n) is 21.8. The quantitative estimate of drug-likeness (QED) is 0.0222. The van der Waals surface area contributed by atoms with Gasteiger partial charge in [0, 0.05) is 36.9 Å². The van der Waals surface area contributed by atoms with Gasteiger partial charge < -0.3 is 85.6 Å². The van der Waals surface area contributed by atoms with Gasteiger partial charge in [-0.05, 0) is 128 Å². The number of unbranched alkanes of at least 4 members (excludes halogenated alkanes) is 2. The van der Waals surface area contributed by atoms with E-state index in [1.807, 2.05) is 0 Å². The maximum atomic E-state index is 14.8. The zero-order chi connectivity index (χ0) is 86.1. The Kier molecular flexibility index (Phi) is 31.4. The Labute approximate surface area is 710 Å². The van der Waals surface area contributed by atoms with Gasteiger partial charge in [0.15, 0.2) is 49.6 Å².